The maximum absolute atomic E-state index is 8.21. The van der Waals surface area contributed by atoms with Gasteiger partial charge in [-0.1, -0.05) is 110 Å². The van der Waals surface area contributed by atoms with Gasteiger partial charge < -0.3 is 14.4 Å². The number of aromatic nitrogens is 2. The molecule has 3 heterocycles. The second-order valence-electron chi connectivity index (χ2n) is 12.6. The Morgan fingerprint density at radius 1 is 0.673 bits per heavy atom. The summed E-state index contributed by atoms with van der Waals surface area (Å²) in [4.78, 5) is 8.67. The molecule has 0 aliphatic heterocycles. The van der Waals surface area contributed by atoms with Crippen molar-refractivity contribution in [2.75, 3.05) is 0 Å². The van der Waals surface area contributed by atoms with E-state index in [0.29, 0.717) is 28.0 Å². The first-order chi connectivity index (χ1) is 26.4. The van der Waals surface area contributed by atoms with Gasteiger partial charge in [0.25, 0.3) is 0 Å². The molecule has 0 saturated carbocycles. The molecular weight excluding hydrogens is 777 g/mol. The Kier molecular flexibility index (Phi) is 7.34. The van der Waals surface area contributed by atoms with E-state index in [1.807, 2.05) is 93.6 Å². The van der Waals surface area contributed by atoms with Crippen molar-refractivity contribution in [3.8, 4) is 33.6 Å². The number of hydrogen-bond acceptors (Lipinski definition) is 3. The van der Waals surface area contributed by atoms with Crippen LogP contribution >= 0.6 is 0 Å². The van der Waals surface area contributed by atoms with Crippen LogP contribution in [0.4, 0.5) is 0 Å². The van der Waals surface area contributed by atoms with Gasteiger partial charge in [-0.2, -0.15) is 0 Å². The van der Waals surface area contributed by atoms with Crippen LogP contribution in [0.15, 0.2) is 132 Å². The fourth-order valence-electron chi connectivity index (χ4n) is 5.73. The summed E-state index contributed by atoms with van der Waals surface area (Å²) in [6, 6.07) is 43.0. The number of fused-ring (bicyclic) bond motifs is 5. The van der Waals surface area contributed by atoms with E-state index in [1.165, 1.54) is 6.07 Å². The molecule has 1 radical (unpaired) electrons. The molecule has 5 aromatic carbocycles. The smallest absolute Gasteiger partial charge is 0.128 e. The molecule has 0 unspecified atom stereocenters. The summed E-state index contributed by atoms with van der Waals surface area (Å²) in [6.07, 6.45) is 1.35. The number of nitrogens with zero attached hydrogens (tertiary/aromatic N) is 2. The van der Waals surface area contributed by atoms with Gasteiger partial charge in [0.05, 0.1) is 5.58 Å². The molecule has 0 bridgehead atoms. The number of aryl methyl sites for hydroxylation is 2. The second-order valence-corrected chi connectivity index (χ2v) is 12.6. The molecule has 3 nitrogen and oxygen atoms in total. The summed E-state index contributed by atoms with van der Waals surface area (Å²) < 4.78 is 69.7. The first-order valence-corrected chi connectivity index (χ1v) is 15.7. The van der Waals surface area contributed by atoms with Crippen LogP contribution in [0.2, 0.25) is 0 Å². The van der Waals surface area contributed by atoms with Gasteiger partial charge in [0.1, 0.15) is 5.58 Å². The van der Waals surface area contributed by atoms with E-state index >= 15 is 0 Å². The summed E-state index contributed by atoms with van der Waals surface area (Å²) in [5, 5.41) is 3.74. The maximum Gasteiger partial charge on any atom is 0.128 e. The van der Waals surface area contributed by atoms with Crippen LogP contribution in [0.5, 0.6) is 0 Å². The van der Waals surface area contributed by atoms with Gasteiger partial charge in [0, 0.05) is 54.2 Å². The number of hydrogen-bond donors (Lipinski definition) is 0. The van der Waals surface area contributed by atoms with Crippen LogP contribution < -0.4 is 0 Å². The van der Waals surface area contributed by atoms with Crippen LogP contribution in [-0.2, 0) is 26.5 Å². The van der Waals surface area contributed by atoms with Crippen LogP contribution in [0, 0.1) is 31.3 Å². The maximum atomic E-state index is 8.21. The molecule has 245 valence electrons. The Bertz CT molecular complexity index is 2670. The molecular formula is C45H38IrN2O-2. The molecule has 3 aromatic heterocycles. The summed E-state index contributed by atoms with van der Waals surface area (Å²) in [7, 11) is 0. The summed E-state index contributed by atoms with van der Waals surface area (Å²) in [6.45, 7) is 0.474. The van der Waals surface area contributed by atoms with Gasteiger partial charge in [-0.3, -0.25) is 0 Å². The number of furan rings is 1. The molecule has 0 aliphatic carbocycles. The van der Waals surface area contributed by atoms with Crippen LogP contribution in [0.25, 0.3) is 66.4 Å². The van der Waals surface area contributed by atoms with Crippen LogP contribution in [-0.4, -0.2) is 9.97 Å². The zero-order chi connectivity index (χ0) is 40.0. The van der Waals surface area contributed by atoms with E-state index in [0.717, 1.165) is 50.1 Å². The van der Waals surface area contributed by atoms with Crippen molar-refractivity contribution in [3.63, 3.8) is 0 Å². The van der Waals surface area contributed by atoms with E-state index < -0.39 is 25.5 Å². The quantitative estimate of drug-likeness (QED) is 0.166. The summed E-state index contributed by atoms with van der Waals surface area (Å²) in [5.74, 6) is 0. The SMILES string of the molecule is [2H]C([2H])([2H])c1cnc(-c2[c-]ccc3c2oc2c4ccc(-c5ccccc5)cc4ccc32)cc1C([2H])([2H])[2H].[2H]C([2H])(c1ccc(-c2[c-]cccc2)nc1)C(C)(C)C.[Ir]. The van der Waals surface area contributed by atoms with Gasteiger partial charge in [-0.05, 0) is 70.6 Å². The Morgan fingerprint density at radius 2 is 1.45 bits per heavy atom. The minimum atomic E-state index is -2.62. The summed E-state index contributed by atoms with van der Waals surface area (Å²) in [5.41, 5.74) is 5.58. The monoisotopic (exact) mass is 823 g/mol. The molecule has 0 saturated heterocycles. The third-order valence-electron chi connectivity index (χ3n) is 7.95. The van der Waals surface area contributed by atoms with Gasteiger partial charge in [-0.25, -0.2) is 0 Å². The first-order valence-electron chi connectivity index (χ1n) is 19.7. The largest absolute Gasteiger partial charge is 0.500 e. The van der Waals surface area contributed by atoms with E-state index in [9.17, 15) is 0 Å². The van der Waals surface area contributed by atoms with E-state index in [-0.39, 0.29) is 31.2 Å². The predicted molar refractivity (Wildman–Crippen MR) is 200 cm³/mol. The predicted octanol–water partition coefficient (Wildman–Crippen LogP) is 12.0. The minimum absolute atomic E-state index is 0. The molecule has 49 heavy (non-hydrogen) atoms. The Balaban J connectivity index is 0.000000233. The van der Waals surface area contributed by atoms with Crippen molar-refractivity contribution in [1.29, 1.82) is 0 Å². The molecule has 0 amide bonds. The third kappa shape index (κ3) is 7.42. The standard InChI is InChI=1S/C29H20NO.C16H18N.Ir/c1-18-15-27(30-17-19(18)2)26-10-6-9-24-25-14-12-22-16-21(20-7-4-3-5-8-20)11-13-23(22)28(25)31-29(24)26;1-16(2,3)11-13-9-10-15(17-12-13)14-7-5-4-6-8-14;/h3-9,11-17H,1-2H3;4-7,9-10,12H,11H2,1-3H3;/q2*-1;/i1D3,2D3;11D2;. The zero-order valence-corrected chi connectivity index (χ0v) is 29.7. The second kappa shape index (κ2) is 14.3. The van der Waals surface area contributed by atoms with Crippen LogP contribution in [0.3, 0.4) is 0 Å². The molecule has 0 atom stereocenters. The van der Waals surface area contributed by atoms with E-state index in [1.54, 1.807) is 12.3 Å². The number of benzene rings is 5. The van der Waals surface area contributed by atoms with Crippen molar-refractivity contribution in [2.45, 2.75) is 40.8 Å². The van der Waals surface area contributed by atoms with Gasteiger partial charge in [0.2, 0.25) is 0 Å². The molecule has 8 rings (SSSR count). The fraction of sp³-hybridized carbons (Fsp3) is 0.156. The van der Waals surface area contributed by atoms with Crippen molar-refractivity contribution >= 4 is 32.7 Å². The van der Waals surface area contributed by atoms with Gasteiger partial charge in [-0.15, -0.1) is 54.1 Å². The van der Waals surface area contributed by atoms with Crippen molar-refractivity contribution in [3.05, 3.63) is 156 Å². The number of pyridine rings is 2. The fourth-order valence-corrected chi connectivity index (χ4v) is 5.73. The zero-order valence-electron chi connectivity index (χ0n) is 35.3. The average molecular weight is 823 g/mol. The molecule has 0 N–H and O–H groups in total. The van der Waals surface area contributed by atoms with E-state index in [4.69, 9.17) is 15.4 Å². The molecule has 8 aromatic rings. The molecule has 0 aliphatic rings. The first kappa shape index (κ1) is 25.1. The topological polar surface area (TPSA) is 38.9 Å². The van der Waals surface area contributed by atoms with Crippen molar-refractivity contribution in [1.82, 2.24) is 9.97 Å². The minimum Gasteiger partial charge on any atom is -0.500 e. The molecule has 0 fully saturated rings. The Hall–Kier alpha value is -4.89. The third-order valence-corrected chi connectivity index (χ3v) is 7.95. The molecule has 4 heteroatoms. The summed E-state index contributed by atoms with van der Waals surface area (Å²) >= 11 is 0. The Labute approximate surface area is 313 Å². The normalized spacial score (nSPS) is 14.5. The van der Waals surface area contributed by atoms with Crippen molar-refractivity contribution in [2.24, 2.45) is 5.41 Å². The van der Waals surface area contributed by atoms with E-state index in [2.05, 4.69) is 52.4 Å². The van der Waals surface area contributed by atoms with Crippen molar-refractivity contribution < 1.29 is 35.5 Å². The van der Waals surface area contributed by atoms with Gasteiger partial charge in [0.15, 0.2) is 0 Å². The average Bonchev–Trinajstić information content (AvgIpc) is 3.57. The number of rotatable bonds is 4. The Morgan fingerprint density at radius 3 is 2.18 bits per heavy atom. The van der Waals surface area contributed by atoms with Gasteiger partial charge >= 0.3 is 0 Å². The molecule has 0 spiro atoms. The van der Waals surface area contributed by atoms with Crippen LogP contribution in [0.1, 0.15) is 48.4 Å².